The lowest BCUT2D eigenvalue weighted by molar-refractivity contribution is 0.120. The molecule has 0 aliphatic carbocycles. The molecule has 1 unspecified atom stereocenters. The van der Waals surface area contributed by atoms with E-state index in [2.05, 4.69) is 27.5 Å². The average Bonchev–Trinajstić information content (AvgIpc) is 2.89. The summed E-state index contributed by atoms with van der Waals surface area (Å²) >= 11 is 0. The summed E-state index contributed by atoms with van der Waals surface area (Å²) < 4.78 is 5.58. The number of ether oxygens (including phenoxy) is 1. The molecule has 0 saturated carbocycles. The lowest BCUT2D eigenvalue weighted by Gasteiger charge is -2.12. The molecule has 5 heteroatoms. The molecule has 1 aliphatic heterocycles. The monoisotopic (exact) mass is 264 g/mol. The summed E-state index contributed by atoms with van der Waals surface area (Å²) in [6, 6.07) is 1.98. The minimum atomic E-state index is 0.306. The highest BCUT2D eigenvalue weighted by atomic mass is 16.5. The molecule has 0 radical (unpaired) electrons. The van der Waals surface area contributed by atoms with Crippen molar-refractivity contribution in [2.24, 2.45) is 0 Å². The summed E-state index contributed by atoms with van der Waals surface area (Å²) in [5, 5.41) is 6.60. The Labute approximate surface area is 115 Å². The Balaban J connectivity index is 1.87. The van der Waals surface area contributed by atoms with E-state index in [9.17, 15) is 0 Å². The highest BCUT2D eigenvalue weighted by molar-refractivity contribution is 5.42. The summed E-state index contributed by atoms with van der Waals surface area (Å²) in [5.41, 5.74) is 0.976. The summed E-state index contributed by atoms with van der Waals surface area (Å²) in [4.78, 5) is 8.88. The minimum absolute atomic E-state index is 0.306. The number of hydrogen-bond acceptors (Lipinski definition) is 5. The van der Waals surface area contributed by atoms with E-state index in [-0.39, 0.29) is 0 Å². The molecule has 2 N–H and O–H groups in total. The second kappa shape index (κ2) is 7.28. The van der Waals surface area contributed by atoms with Gasteiger partial charge in [-0.05, 0) is 26.2 Å². The van der Waals surface area contributed by atoms with E-state index in [1.807, 2.05) is 13.0 Å². The van der Waals surface area contributed by atoms with Gasteiger partial charge in [0.15, 0.2) is 0 Å². The van der Waals surface area contributed by atoms with E-state index in [1.165, 1.54) is 6.42 Å². The number of nitrogens with zero attached hydrogens (tertiary/aromatic N) is 2. The molecule has 106 valence electrons. The van der Waals surface area contributed by atoms with Crippen LogP contribution in [-0.4, -0.2) is 35.8 Å². The Hall–Kier alpha value is -1.36. The third-order valence-corrected chi connectivity index (χ3v) is 3.20. The molecule has 0 bridgehead atoms. The second-order valence-corrected chi connectivity index (χ2v) is 5.01. The molecule has 0 amide bonds. The van der Waals surface area contributed by atoms with E-state index in [1.54, 1.807) is 0 Å². The van der Waals surface area contributed by atoms with Crippen molar-refractivity contribution in [3.8, 4) is 0 Å². The molecule has 2 rings (SSSR count). The first-order valence-electron chi connectivity index (χ1n) is 7.23. The van der Waals surface area contributed by atoms with Gasteiger partial charge in [-0.25, -0.2) is 4.98 Å². The molecule has 1 aromatic rings. The average molecular weight is 264 g/mol. The fourth-order valence-corrected chi connectivity index (χ4v) is 2.14. The number of hydrogen-bond donors (Lipinski definition) is 2. The van der Waals surface area contributed by atoms with Crippen molar-refractivity contribution in [3.63, 3.8) is 0 Å². The van der Waals surface area contributed by atoms with Gasteiger partial charge in [0.2, 0.25) is 5.95 Å². The van der Waals surface area contributed by atoms with Crippen molar-refractivity contribution in [3.05, 3.63) is 11.8 Å². The Morgan fingerprint density at radius 2 is 2.26 bits per heavy atom. The molecule has 19 heavy (non-hydrogen) atoms. The van der Waals surface area contributed by atoms with Crippen molar-refractivity contribution in [2.75, 3.05) is 30.3 Å². The lowest BCUT2D eigenvalue weighted by Crippen LogP contribution is -2.20. The van der Waals surface area contributed by atoms with Crippen LogP contribution in [0.4, 0.5) is 11.8 Å². The molecular formula is C14H24N4O. The topological polar surface area (TPSA) is 59.1 Å². The van der Waals surface area contributed by atoms with Crippen molar-refractivity contribution >= 4 is 11.8 Å². The smallest absolute Gasteiger partial charge is 0.224 e. The van der Waals surface area contributed by atoms with E-state index in [0.717, 1.165) is 50.5 Å². The van der Waals surface area contributed by atoms with Gasteiger partial charge in [-0.2, -0.15) is 4.98 Å². The van der Waals surface area contributed by atoms with E-state index < -0.39 is 0 Å². The fraction of sp³-hybridized carbons (Fsp3) is 0.714. The molecule has 1 fully saturated rings. The maximum Gasteiger partial charge on any atom is 0.224 e. The van der Waals surface area contributed by atoms with Gasteiger partial charge in [-0.1, -0.05) is 13.3 Å². The number of anilines is 2. The number of aromatic nitrogens is 2. The molecule has 1 saturated heterocycles. The van der Waals surface area contributed by atoms with E-state index in [4.69, 9.17) is 4.74 Å². The zero-order chi connectivity index (χ0) is 13.5. The van der Waals surface area contributed by atoms with Crippen LogP contribution in [0.5, 0.6) is 0 Å². The van der Waals surface area contributed by atoms with Crippen LogP contribution in [0.1, 0.15) is 38.3 Å². The largest absolute Gasteiger partial charge is 0.376 e. The van der Waals surface area contributed by atoms with Crippen LogP contribution in [0.3, 0.4) is 0 Å². The molecular weight excluding hydrogens is 240 g/mol. The molecule has 1 aromatic heterocycles. The number of aryl methyl sites for hydroxylation is 1. The van der Waals surface area contributed by atoms with Gasteiger partial charge >= 0.3 is 0 Å². The van der Waals surface area contributed by atoms with Crippen molar-refractivity contribution in [1.82, 2.24) is 9.97 Å². The van der Waals surface area contributed by atoms with Crippen LogP contribution < -0.4 is 10.6 Å². The Morgan fingerprint density at radius 1 is 1.37 bits per heavy atom. The summed E-state index contributed by atoms with van der Waals surface area (Å²) in [6.45, 7) is 6.80. The number of rotatable bonds is 7. The first-order chi connectivity index (χ1) is 9.28. The lowest BCUT2D eigenvalue weighted by atomic mass is 10.2. The number of nitrogens with one attached hydrogen (secondary N) is 2. The van der Waals surface area contributed by atoms with Gasteiger partial charge in [0.25, 0.3) is 0 Å². The Kier molecular flexibility index (Phi) is 5.39. The van der Waals surface area contributed by atoms with Crippen molar-refractivity contribution in [1.29, 1.82) is 0 Å². The normalized spacial score (nSPS) is 18.5. The molecule has 0 spiro atoms. The van der Waals surface area contributed by atoms with Gasteiger partial charge in [-0.15, -0.1) is 0 Å². The predicted octanol–water partition coefficient (Wildman–Crippen LogP) is 2.59. The van der Waals surface area contributed by atoms with Crippen LogP contribution in [0.2, 0.25) is 0 Å². The summed E-state index contributed by atoms with van der Waals surface area (Å²) in [6.07, 6.45) is 4.93. The van der Waals surface area contributed by atoms with E-state index >= 15 is 0 Å². The summed E-state index contributed by atoms with van der Waals surface area (Å²) in [5.74, 6) is 1.59. The second-order valence-electron chi connectivity index (χ2n) is 5.01. The van der Waals surface area contributed by atoms with Crippen LogP contribution in [0.15, 0.2) is 6.07 Å². The third-order valence-electron chi connectivity index (χ3n) is 3.20. The minimum Gasteiger partial charge on any atom is -0.376 e. The molecule has 1 atom stereocenters. The Bertz CT molecular complexity index is 391. The van der Waals surface area contributed by atoms with E-state index in [0.29, 0.717) is 12.1 Å². The van der Waals surface area contributed by atoms with Gasteiger partial charge in [0.1, 0.15) is 5.82 Å². The van der Waals surface area contributed by atoms with Crippen molar-refractivity contribution < 1.29 is 4.74 Å². The van der Waals surface area contributed by atoms with Crippen LogP contribution >= 0.6 is 0 Å². The fourth-order valence-electron chi connectivity index (χ4n) is 2.14. The van der Waals surface area contributed by atoms with Crippen LogP contribution in [-0.2, 0) is 4.74 Å². The first-order valence-corrected chi connectivity index (χ1v) is 7.23. The zero-order valence-electron chi connectivity index (χ0n) is 11.9. The third kappa shape index (κ3) is 4.67. The Morgan fingerprint density at radius 3 is 3.00 bits per heavy atom. The highest BCUT2D eigenvalue weighted by Crippen LogP contribution is 2.14. The van der Waals surface area contributed by atoms with Crippen LogP contribution in [0.25, 0.3) is 0 Å². The van der Waals surface area contributed by atoms with Gasteiger partial charge < -0.3 is 15.4 Å². The van der Waals surface area contributed by atoms with Crippen LogP contribution in [0, 0.1) is 6.92 Å². The maximum atomic E-state index is 5.58. The molecule has 0 aromatic carbocycles. The standard InChI is InChI=1S/C14H24N4O/c1-3-4-7-15-13-9-11(2)17-14(18-13)16-10-12-6-5-8-19-12/h9,12H,3-8,10H2,1-2H3,(H2,15,16,17,18). The maximum absolute atomic E-state index is 5.58. The molecule has 1 aliphatic rings. The zero-order valence-corrected chi connectivity index (χ0v) is 11.9. The molecule has 2 heterocycles. The first kappa shape index (κ1) is 14.1. The van der Waals surface area contributed by atoms with Gasteiger partial charge in [0, 0.05) is 31.5 Å². The van der Waals surface area contributed by atoms with Gasteiger partial charge in [0.05, 0.1) is 6.10 Å². The predicted molar refractivity (Wildman–Crippen MR) is 77.6 cm³/mol. The highest BCUT2D eigenvalue weighted by Gasteiger charge is 2.15. The molecule has 5 nitrogen and oxygen atoms in total. The number of unbranched alkanes of at least 4 members (excludes halogenated alkanes) is 1. The van der Waals surface area contributed by atoms with Crippen molar-refractivity contribution in [2.45, 2.75) is 45.6 Å². The SMILES string of the molecule is CCCCNc1cc(C)nc(NCC2CCCO2)n1. The summed E-state index contributed by atoms with van der Waals surface area (Å²) in [7, 11) is 0. The quantitative estimate of drug-likeness (QED) is 0.741. The van der Waals surface area contributed by atoms with Gasteiger partial charge in [-0.3, -0.25) is 0 Å².